The van der Waals surface area contributed by atoms with E-state index >= 15 is 0 Å². The highest BCUT2D eigenvalue weighted by Crippen LogP contribution is 2.22. The van der Waals surface area contributed by atoms with Gasteiger partial charge in [0.2, 0.25) is 0 Å². The van der Waals surface area contributed by atoms with Gasteiger partial charge in [-0.15, -0.1) is 0 Å². The van der Waals surface area contributed by atoms with Crippen LogP contribution in [0, 0.1) is 0 Å². The molecule has 0 aliphatic carbocycles. The zero-order chi connectivity index (χ0) is 16.8. The first kappa shape index (κ1) is 17.1. The predicted molar refractivity (Wildman–Crippen MR) is 91.1 cm³/mol. The number of hydrazone groups is 1. The molecule has 0 saturated carbocycles. The second-order valence-electron chi connectivity index (χ2n) is 4.47. The van der Waals surface area contributed by atoms with Crippen LogP contribution in [-0.4, -0.2) is 26.3 Å². The molecule has 1 N–H and O–H groups in total. The van der Waals surface area contributed by atoms with Crippen LogP contribution in [0.3, 0.4) is 0 Å². The Bertz CT molecular complexity index is 726. The molecule has 0 aromatic heterocycles. The number of benzene rings is 2. The van der Waals surface area contributed by atoms with Crippen LogP contribution in [0.4, 0.5) is 0 Å². The van der Waals surface area contributed by atoms with Gasteiger partial charge in [0, 0.05) is 22.2 Å². The van der Waals surface area contributed by atoms with Crippen LogP contribution in [0.25, 0.3) is 0 Å². The van der Waals surface area contributed by atoms with Gasteiger partial charge >= 0.3 is 0 Å². The maximum Gasteiger partial charge on any atom is 0.271 e. The Labute approximate surface area is 143 Å². The topological polar surface area (TPSA) is 59.9 Å². The average molecular weight is 353 g/mol. The van der Waals surface area contributed by atoms with E-state index in [0.29, 0.717) is 32.7 Å². The van der Waals surface area contributed by atoms with Gasteiger partial charge < -0.3 is 9.47 Å². The summed E-state index contributed by atoms with van der Waals surface area (Å²) >= 11 is 11.8. The van der Waals surface area contributed by atoms with Crippen molar-refractivity contribution in [2.75, 3.05) is 14.2 Å². The van der Waals surface area contributed by atoms with Crippen LogP contribution in [0.15, 0.2) is 41.5 Å². The number of nitrogens with zero attached hydrogens (tertiary/aromatic N) is 1. The van der Waals surface area contributed by atoms with Crippen LogP contribution < -0.4 is 14.9 Å². The van der Waals surface area contributed by atoms with Crippen LogP contribution in [-0.2, 0) is 0 Å². The lowest BCUT2D eigenvalue weighted by atomic mass is 10.2. The summed E-state index contributed by atoms with van der Waals surface area (Å²) < 4.78 is 10.2. The number of halogens is 2. The number of hydrogen-bond acceptors (Lipinski definition) is 4. The molecule has 0 fully saturated rings. The molecule has 0 aliphatic rings. The van der Waals surface area contributed by atoms with Crippen LogP contribution in [0.1, 0.15) is 15.9 Å². The number of ether oxygens (including phenoxy) is 2. The Kier molecular flexibility index (Phi) is 5.84. The molecule has 0 radical (unpaired) electrons. The van der Waals surface area contributed by atoms with E-state index in [0.717, 1.165) is 0 Å². The SMILES string of the molecule is COc1cc(OC)cc(C(=O)N/N=C/c2ccc(Cl)cc2Cl)c1. The van der Waals surface area contributed by atoms with Crippen LogP contribution in [0.2, 0.25) is 10.0 Å². The molecule has 7 heteroatoms. The molecule has 2 aromatic rings. The molecule has 0 unspecified atom stereocenters. The predicted octanol–water partition coefficient (Wildman–Crippen LogP) is 3.77. The van der Waals surface area contributed by atoms with E-state index in [1.54, 1.807) is 36.4 Å². The van der Waals surface area contributed by atoms with E-state index in [1.807, 2.05) is 0 Å². The Balaban J connectivity index is 2.11. The first-order valence-electron chi connectivity index (χ1n) is 6.55. The van der Waals surface area contributed by atoms with Gasteiger partial charge in [0.15, 0.2) is 0 Å². The number of amides is 1. The van der Waals surface area contributed by atoms with Crippen molar-refractivity contribution in [1.29, 1.82) is 0 Å². The van der Waals surface area contributed by atoms with E-state index in [2.05, 4.69) is 10.5 Å². The van der Waals surface area contributed by atoms with E-state index < -0.39 is 5.91 Å². The number of nitrogens with one attached hydrogen (secondary N) is 1. The minimum absolute atomic E-state index is 0.362. The Hall–Kier alpha value is -2.24. The number of methoxy groups -OCH3 is 2. The number of rotatable bonds is 5. The molecule has 23 heavy (non-hydrogen) atoms. The zero-order valence-electron chi connectivity index (χ0n) is 12.5. The summed E-state index contributed by atoms with van der Waals surface area (Å²) in [6, 6.07) is 9.83. The van der Waals surface area contributed by atoms with E-state index in [4.69, 9.17) is 32.7 Å². The zero-order valence-corrected chi connectivity index (χ0v) is 14.0. The van der Waals surface area contributed by atoms with Gasteiger partial charge in [-0.3, -0.25) is 4.79 Å². The molecule has 2 rings (SSSR count). The molecule has 0 saturated heterocycles. The number of carbonyl (C=O) groups is 1. The second-order valence-corrected chi connectivity index (χ2v) is 5.31. The number of hydrogen-bond donors (Lipinski definition) is 1. The van der Waals surface area contributed by atoms with Crippen molar-refractivity contribution in [3.63, 3.8) is 0 Å². The quantitative estimate of drug-likeness (QED) is 0.658. The van der Waals surface area contributed by atoms with Crippen LogP contribution in [0.5, 0.6) is 11.5 Å². The molecule has 0 atom stereocenters. The highest BCUT2D eigenvalue weighted by molar-refractivity contribution is 6.36. The normalized spacial score (nSPS) is 10.6. The molecule has 5 nitrogen and oxygen atoms in total. The largest absolute Gasteiger partial charge is 0.497 e. The van der Waals surface area contributed by atoms with Gasteiger partial charge in [-0.2, -0.15) is 5.10 Å². The minimum atomic E-state index is -0.400. The smallest absolute Gasteiger partial charge is 0.271 e. The fourth-order valence-corrected chi connectivity index (χ4v) is 2.23. The molecular weight excluding hydrogens is 339 g/mol. The monoisotopic (exact) mass is 352 g/mol. The van der Waals surface area contributed by atoms with Gasteiger partial charge in [0.1, 0.15) is 11.5 Å². The van der Waals surface area contributed by atoms with E-state index in [1.165, 1.54) is 20.4 Å². The highest BCUT2D eigenvalue weighted by Gasteiger charge is 2.09. The molecule has 2 aromatic carbocycles. The minimum Gasteiger partial charge on any atom is -0.497 e. The molecule has 0 spiro atoms. The van der Waals surface area contributed by atoms with Crippen molar-refractivity contribution in [1.82, 2.24) is 5.43 Å². The molecular formula is C16H14Cl2N2O3. The fraction of sp³-hybridized carbons (Fsp3) is 0.125. The van der Waals surface area contributed by atoms with Crippen molar-refractivity contribution >= 4 is 35.3 Å². The molecule has 120 valence electrons. The highest BCUT2D eigenvalue weighted by atomic mass is 35.5. The summed E-state index contributed by atoms with van der Waals surface area (Å²) in [6.45, 7) is 0. The van der Waals surface area contributed by atoms with Gasteiger partial charge in [0.25, 0.3) is 5.91 Å². The van der Waals surface area contributed by atoms with Gasteiger partial charge in [-0.05, 0) is 24.3 Å². The average Bonchev–Trinajstić information content (AvgIpc) is 2.56. The standard InChI is InChI=1S/C16H14Cl2N2O3/c1-22-13-5-11(6-14(8-13)23-2)16(21)20-19-9-10-3-4-12(17)7-15(10)18/h3-9H,1-2H3,(H,20,21)/b19-9+. The third-order valence-electron chi connectivity index (χ3n) is 2.95. The lowest BCUT2D eigenvalue weighted by Crippen LogP contribution is -2.17. The maximum absolute atomic E-state index is 12.1. The first-order chi connectivity index (χ1) is 11.0. The summed E-state index contributed by atoms with van der Waals surface area (Å²) in [5, 5.41) is 4.86. The second kappa shape index (κ2) is 7.85. The van der Waals surface area contributed by atoms with Crippen LogP contribution >= 0.6 is 23.2 Å². The van der Waals surface area contributed by atoms with Crippen molar-refractivity contribution in [3.8, 4) is 11.5 Å². The summed E-state index contributed by atoms with van der Waals surface area (Å²) in [4.78, 5) is 12.1. The lowest BCUT2D eigenvalue weighted by Gasteiger charge is -2.07. The van der Waals surface area contributed by atoms with Crippen molar-refractivity contribution in [2.24, 2.45) is 5.10 Å². The van der Waals surface area contributed by atoms with Crippen molar-refractivity contribution < 1.29 is 14.3 Å². The van der Waals surface area contributed by atoms with E-state index in [-0.39, 0.29) is 0 Å². The van der Waals surface area contributed by atoms with Crippen molar-refractivity contribution in [3.05, 3.63) is 57.6 Å². The number of carbonyl (C=O) groups excluding carboxylic acids is 1. The van der Waals surface area contributed by atoms with Crippen molar-refractivity contribution in [2.45, 2.75) is 0 Å². The molecule has 0 aliphatic heterocycles. The lowest BCUT2D eigenvalue weighted by molar-refractivity contribution is 0.0954. The fourth-order valence-electron chi connectivity index (χ4n) is 1.77. The first-order valence-corrected chi connectivity index (χ1v) is 7.30. The Morgan fingerprint density at radius 2 is 1.74 bits per heavy atom. The van der Waals surface area contributed by atoms with E-state index in [9.17, 15) is 4.79 Å². The maximum atomic E-state index is 12.1. The van der Waals surface area contributed by atoms with Gasteiger partial charge in [-0.1, -0.05) is 29.3 Å². The summed E-state index contributed by atoms with van der Waals surface area (Å²) in [5.41, 5.74) is 3.42. The summed E-state index contributed by atoms with van der Waals surface area (Å²) in [5.74, 6) is 0.627. The Morgan fingerprint density at radius 1 is 1.09 bits per heavy atom. The molecule has 0 bridgehead atoms. The van der Waals surface area contributed by atoms with Gasteiger partial charge in [0.05, 0.1) is 25.5 Å². The summed E-state index contributed by atoms with van der Waals surface area (Å²) in [7, 11) is 3.02. The third kappa shape index (κ3) is 4.61. The molecule has 0 heterocycles. The Morgan fingerprint density at radius 3 is 2.30 bits per heavy atom. The molecule has 1 amide bonds. The summed E-state index contributed by atoms with van der Waals surface area (Å²) in [6.07, 6.45) is 1.44. The van der Waals surface area contributed by atoms with Gasteiger partial charge in [-0.25, -0.2) is 5.43 Å². The third-order valence-corrected chi connectivity index (χ3v) is 3.51.